The van der Waals surface area contributed by atoms with E-state index >= 15 is 0 Å². The second kappa shape index (κ2) is 5.98. The zero-order valence-corrected chi connectivity index (χ0v) is 13.0. The van der Waals surface area contributed by atoms with E-state index in [0.717, 1.165) is 6.54 Å². The zero-order valence-electron chi connectivity index (χ0n) is 10.0. The Morgan fingerprint density at radius 2 is 1.88 bits per heavy atom. The molecule has 3 heteroatoms. The Kier molecular flexibility index (Phi) is 4.59. The largest absolute Gasteiger partial charge is 0.310 e. The van der Waals surface area contributed by atoms with Crippen molar-refractivity contribution in [2.24, 2.45) is 0 Å². The highest BCUT2D eigenvalue weighted by molar-refractivity contribution is 14.1. The third-order valence-corrected chi connectivity index (χ3v) is 4.73. The maximum Gasteiger partial charge on any atom is 0.0386 e. The Balaban J connectivity index is 2.20. The molecule has 0 spiro atoms. The molecule has 0 radical (unpaired) electrons. The molecule has 1 N–H and O–H groups in total. The fraction of sp³-hybridized carbons (Fsp3) is 0.286. The van der Waals surface area contributed by atoms with E-state index in [0.29, 0.717) is 6.04 Å². The van der Waals surface area contributed by atoms with E-state index < -0.39 is 0 Å². The van der Waals surface area contributed by atoms with Crippen LogP contribution in [0.25, 0.3) is 10.4 Å². The van der Waals surface area contributed by atoms with Crippen molar-refractivity contribution < 1.29 is 0 Å². The van der Waals surface area contributed by atoms with Crippen LogP contribution in [0.5, 0.6) is 0 Å². The summed E-state index contributed by atoms with van der Waals surface area (Å²) in [7, 11) is 0. The minimum absolute atomic E-state index is 0.447. The van der Waals surface area contributed by atoms with Gasteiger partial charge in [0.05, 0.1) is 0 Å². The quantitative estimate of drug-likeness (QED) is 0.783. The van der Waals surface area contributed by atoms with Crippen LogP contribution in [-0.2, 0) is 0 Å². The van der Waals surface area contributed by atoms with Crippen molar-refractivity contribution in [2.75, 3.05) is 6.54 Å². The number of halogens is 1. The van der Waals surface area contributed by atoms with Crippen molar-refractivity contribution in [3.8, 4) is 10.4 Å². The zero-order chi connectivity index (χ0) is 12.3. The number of hydrogen-bond donors (Lipinski definition) is 1. The lowest BCUT2D eigenvalue weighted by atomic mass is 10.2. The van der Waals surface area contributed by atoms with Crippen molar-refractivity contribution in [3.63, 3.8) is 0 Å². The Morgan fingerprint density at radius 1 is 1.18 bits per heavy atom. The molecule has 1 atom stereocenters. The first-order valence-corrected chi connectivity index (χ1v) is 7.69. The molecule has 17 heavy (non-hydrogen) atoms. The maximum atomic E-state index is 3.44. The first-order chi connectivity index (χ1) is 8.20. The molecule has 0 bridgehead atoms. The van der Waals surface area contributed by atoms with Crippen LogP contribution in [0.2, 0.25) is 0 Å². The molecule has 1 nitrogen and oxygen atoms in total. The lowest BCUT2D eigenvalue weighted by Gasteiger charge is -2.08. The molecule has 2 aromatic rings. The first-order valence-electron chi connectivity index (χ1n) is 5.79. The van der Waals surface area contributed by atoms with Gasteiger partial charge in [-0.25, -0.2) is 0 Å². The molecule has 2 rings (SSSR count). The number of benzene rings is 1. The molecule has 0 aliphatic rings. The van der Waals surface area contributed by atoms with Crippen LogP contribution in [0.4, 0.5) is 0 Å². The summed E-state index contributed by atoms with van der Waals surface area (Å²) < 4.78 is 1.28. The smallest absolute Gasteiger partial charge is 0.0386 e. The molecule has 0 aliphatic heterocycles. The van der Waals surface area contributed by atoms with Crippen molar-refractivity contribution >= 4 is 33.9 Å². The molecule has 90 valence electrons. The second-order valence-electron chi connectivity index (χ2n) is 3.99. The van der Waals surface area contributed by atoms with Gasteiger partial charge in [0.2, 0.25) is 0 Å². The van der Waals surface area contributed by atoms with E-state index in [1.54, 1.807) is 0 Å². The van der Waals surface area contributed by atoms with E-state index in [2.05, 4.69) is 78.2 Å². The summed E-state index contributed by atoms with van der Waals surface area (Å²) in [5.74, 6) is 0. The monoisotopic (exact) mass is 357 g/mol. The van der Waals surface area contributed by atoms with E-state index in [9.17, 15) is 0 Å². The van der Waals surface area contributed by atoms with E-state index in [-0.39, 0.29) is 0 Å². The first kappa shape index (κ1) is 13.1. The van der Waals surface area contributed by atoms with E-state index in [1.165, 1.54) is 18.9 Å². The van der Waals surface area contributed by atoms with Crippen molar-refractivity contribution in [1.29, 1.82) is 0 Å². The number of nitrogens with one attached hydrogen (secondary N) is 1. The molecular weight excluding hydrogens is 341 g/mol. The van der Waals surface area contributed by atoms with Crippen LogP contribution in [-0.4, -0.2) is 6.54 Å². The standard InChI is InChI=1S/C14H16INS/c1-3-16-10(2)13-8-9-14(17-13)11-4-6-12(15)7-5-11/h4-10,16H,3H2,1-2H3. The summed E-state index contributed by atoms with van der Waals surface area (Å²) in [4.78, 5) is 2.75. The van der Waals surface area contributed by atoms with Crippen molar-refractivity contribution in [3.05, 3.63) is 44.8 Å². The third kappa shape index (κ3) is 3.30. The number of thiophene rings is 1. The third-order valence-electron chi connectivity index (χ3n) is 2.69. The minimum Gasteiger partial charge on any atom is -0.310 e. The van der Waals surface area contributed by atoms with Crippen LogP contribution in [0.15, 0.2) is 36.4 Å². The highest BCUT2D eigenvalue weighted by atomic mass is 127. The highest BCUT2D eigenvalue weighted by Gasteiger charge is 2.08. The van der Waals surface area contributed by atoms with Gasteiger partial charge < -0.3 is 5.32 Å². The van der Waals surface area contributed by atoms with E-state index in [4.69, 9.17) is 0 Å². The molecular formula is C14H16INS. The fourth-order valence-corrected chi connectivity index (χ4v) is 3.16. The van der Waals surface area contributed by atoms with Crippen LogP contribution < -0.4 is 5.32 Å². The molecule has 0 saturated carbocycles. The van der Waals surface area contributed by atoms with Gasteiger partial charge in [-0.2, -0.15) is 0 Å². The van der Waals surface area contributed by atoms with Crippen LogP contribution in [0.3, 0.4) is 0 Å². The summed E-state index contributed by atoms with van der Waals surface area (Å²) in [6.45, 7) is 5.37. The minimum atomic E-state index is 0.447. The molecule has 0 fully saturated rings. The summed E-state index contributed by atoms with van der Waals surface area (Å²) in [5.41, 5.74) is 1.31. The lowest BCUT2D eigenvalue weighted by molar-refractivity contribution is 0.607. The Labute approximate surface area is 120 Å². The molecule has 1 aromatic carbocycles. The SMILES string of the molecule is CCNC(C)c1ccc(-c2ccc(I)cc2)s1. The van der Waals surface area contributed by atoms with Gasteiger partial charge in [-0.3, -0.25) is 0 Å². The van der Waals surface area contributed by atoms with Gasteiger partial charge in [0.1, 0.15) is 0 Å². The summed E-state index contributed by atoms with van der Waals surface area (Å²) in [6, 6.07) is 13.6. The Morgan fingerprint density at radius 3 is 2.53 bits per heavy atom. The molecule has 0 aliphatic carbocycles. The second-order valence-corrected chi connectivity index (χ2v) is 6.35. The van der Waals surface area contributed by atoms with Crippen molar-refractivity contribution in [2.45, 2.75) is 19.9 Å². The molecule has 1 heterocycles. The van der Waals surface area contributed by atoms with Gasteiger partial charge >= 0.3 is 0 Å². The van der Waals surface area contributed by atoms with Gasteiger partial charge in [0, 0.05) is 19.4 Å². The Hall–Kier alpha value is -0.390. The van der Waals surface area contributed by atoms with E-state index in [1.807, 2.05) is 11.3 Å². The fourth-order valence-electron chi connectivity index (χ4n) is 1.76. The van der Waals surface area contributed by atoms with Crippen LogP contribution in [0, 0.1) is 3.57 Å². The molecule has 0 saturated heterocycles. The molecule has 1 unspecified atom stereocenters. The van der Waals surface area contributed by atoms with Gasteiger partial charge in [-0.15, -0.1) is 11.3 Å². The predicted octanol–water partition coefficient (Wildman–Crippen LogP) is 4.69. The average Bonchev–Trinajstić information content (AvgIpc) is 2.80. The average molecular weight is 357 g/mol. The Bertz CT molecular complexity index is 475. The lowest BCUT2D eigenvalue weighted by Crippen LogP contribution is -2.16. The topological polar surface area (TPSA) is 12.0 Å². The number of hydrogen-bond acceptors (Lipinski definition) is 2. The van der Waals surface area contributed by atoms with Crippen molar-refractivity contribution in [1.82, 2.24) is 5.32 Å². The van der Waals surface area contributed by atoms with Crippen LogP contribution in [0.1, 0.15) is 24.8 Å². The van der Waals surface area contributed by atoms with Gasteiger partial charge in [0.15, 0.2) is 0 Å². The summed E-state index contributed by atoms with van der Waals surface area (Å²) >= 11 is 4.21. The molecule has 1 aromatic heterocycles. The van der Waals surface area contributed by atoms with Gasteiger partial charge in [-0.1, -0.05) is 19.1 Å². The van der Waals surface area contributed by atoms with Crippen LogP contribution >= 0.6 is 33.9 Å². The number of rotatable bonds is 4. The summed E-state index contributed by atoms with van der Waals surface area (Å²) in [6.07, 6.45) is 0. The van der Waals surface area contributed by atoms with Gasteiger partial charge in [0.25, 0.3) is 0 Å². The maximum absolute atomic E-state index is 3.44. The predicted molar refractivity (Wildman–Crippen MR) is 84.6 cm³/mol. The van der Waals surface area contributed by atoms with Gasteiger partial charge in [-0.05, 0) is 65.9 Å². The normalized spacial score (nSPS) is 12.6. The summed E-state index contributed by atoms with van der Waals surface area (Å²) in [5, 5.41) is 3.44. The molecule has 0 amide bonds. The highest BCUT2D eigenvalue weighted by Crippen LogP contribution is 2.31.